The Kier molecular flexibility index (Phi) is 12.3. The topological polar surface area (TPSA) is 0 Å². The van der Waals surface area contributed by atoms with Crippen molar-refractivity contribution in [3.8, 4) is 71.0 Å². The van der Waals surface area contributed by atoms with Crippen molar-refractivity contribution >= 4 is 0 Å². The van der Waals surface area contributed by atoms with Crippen molar-refractivity contribution in [1.29, 1.82) is 0 Å². The Balaban J connectivity index is 1.66. The third kappa shape index (κ3) is 10.5. The molecule has 0 aliphatic heterocycles. The second kappa shape index (κ2) is 18.6. The van der Waals surface area contributed by atoms with Crippen molar-refractivity contribution < 1.29 is 26.3 Å². The molecule has 0 unspecified atom stereocenters. The summed E-state index contributed by atoms with van der Waals surface area (Å²) in [4.78, 5) is 0. The number of benzene rings is 7. The minimum Gasteiger partial charge on any atom is -0.207 e. The molecule has 0 fully saturated rings. The monoisotopic (exact) mass is 786 g/mol. The lowest BCUT2D eigenvalue weighted by molar-refractivity contribution is 0.627. The van der Waals surface area contributed by atoms with Crippen molar-refractivity contribution in [2.75, 3.05) is 0 Å². The Morgan fingerprint density at radius 2 is 0.283 bits per heavy atom. The second-order valence-corrected chi connectivity index (χ2v) is 12.8. The Labute approximate surface area is 343 Å². The van der Waals surface area contributed by atoms with Gasteiger partial charge in [-0.25, -0.2) is 26.3 Å². The van der Waals surface area contributed by atoms with E-state index in [0.29, 0.717) is 33.4 Å². The van der Waals surface area contributed by atoms with E-state index in [2.05, 4.69) is 71.0 Å². The molecule has 7 aromatic rings. The maximum absolute atomic E-state index is 14.0. The Morgan fingerprint density at radius 3 is 0.400 bits per heavy atom. The Bertz CT molecular complexity index is 2530. The van der Waals surface area contributed by atoms with Crippen LogP contribution in [0, 0.1) is 106 Å². The van der Waals surface area contributed by atoms with Gasteiger partial charge in [-0.05, 0) is 146 Å². The van der Waals surface area contributed by atoms with E-state index in [4.69, 9.17) is 0 Å². The molecular formula is C54H24F6. The van der Waals surface area contributed by atoms with Crippen molar-refractivity contribution in [2.24, 2.45) is 0 Å². The van der Waals surface area contributed by atoms with Gasteiger partial charge in [0.1, 0.15) is 34.9 Å². The molecule has 0 bridgehead atoms. The van der Waals surface area contributed by atoms with Gasteiger partial charge in [0, 0.05) is 33.4 Å². The van der Waals surface area contributed by atoms with Crippen LogP contribution >= 0.6 is 0 Å². The molecule has 7 aromatic carbocycles. The number of hydrogen-bond donors (Lipinski definition) is 0. The first kappa shape index (κ1) is 39.7. The summed E-state index contributed by atoms with van der Waals surface area (Å²) < 4.78 is 83.9. The molecule has 0 saturated carbocycles. The summed E-state index contributed by atoms with van der Waals surface area (Å²) in [6.07, 6.45) is 0. The highest BCUT2D eigenvalue weighted by molar-refractivity contribution is 5.78. The standard InChI is InChI=1S/C54H24F6/c55-43-19-1-37(2-20-43)13-31-49-50(32-14-38-3-21-44(56)22-4-38)52(34-16-40-7-25-46(58)26-8-40)54(36-18-42-11-29-48(60)30-12-42)53(35-17-41-9-27-47(59)28-10-41)51(49)33-15-39-5-23-45(57)24-6-39/h1-12,19-30H. The molecule has 6 heteroatoms. The van der Waals surface area contributed by atoms with Crippen LogP contribution in [0.3, 0.4) is 0 Å². The van der Waals surface area contributed by atoms with Gasteiger partial charge in [0.05, 0.1) is 33.4 Å². The first-order chi connectivity index (χ1) is 29.2. The third-order valence-corrected chi connectivity index (χ3v) is 8.56. The van der Waals surface area contributed by atoms with Gasteiger partial charge < -0.3 is 0 Å². The van der Waals surface area contributed by atoms with E-state index in [-0.39, 0.29) is 33.4 Å². The smallest absolute Gasteiger partial charge is 0.123 e. The van der Waals surface area contributed by atoms with E-state index in [9.17, 15) is 26.3 Å². The van der Waals surface area contributed by atoms with Gasteiger partial charge in [0.2, 0.25) is 0 Å². The Hall–Kier alpha value is -8.52. The summed E-state index contributed by atoms with van der Waals surface area (Å²) in [5.41, 5.74) is 4.12. The normalized spacial score (nSPS) is 9.70. The van der Waals surface area contributed by atoms with Crippen molar-refractivity contribution in [1.82, 2.24) is 0 Å². The molecule has 0 atom stereocenters. The summed E-state index contributed by atoms with van der Waals surface area (Å²) in [5.74, 6) is 34.8. The number of hydrogen-bond acceptors (Lipinski definition) is 0. The molecule has 0 aliphatic rings. The second-order valence-electron chi connectivity index (χ2n) is 12.8. The highest BCUT2D eigenvalue weighted by Gasteiger charge is 2.20. The third-order valence-electron chi connectivity index (χ3n) is 8.56. The molecule has 0 heterocycles. The lowest BCUT2D eigenvalue weighted by Gasteiger charge is -2.12. The van der Waals surface area contributed by atoms with Crippen LogP contribution in [0.25, 0.3) is 0 Å². The molecule has 0 nitrogen and oxygen atoms in total. The molecule has 0 radical (unpaired) electrons. The molecule has 60 heavy (non-hydrogen) atoms. The summed E-state index contributed by atoms with van der Waals surface area (Å²) in [7, 11) is 0. The van der Waals surface area contributed by atoms with Crippen LogP contribution in [0.5, 0.6) is 0 Å². The molecule has 282 valence electrons. The predicted molar refractivity (Wildman–Crippen MR) is 221 cm³/mol. The fourth-order valence-corrected chi connectivity index (χ4v) is 5.51. The first-order valence-electron chi connectivity index (χ1n) is 18.1. The first-order valence-corrected chi connectivity index (χ1v) is 18.1. The van der Waals surface area contributed by atoms with Gasteiger partial charge >= 0.3 is 0 Å². The minimum absolute atomic E-state index is 0.239. The maximum Gasteiger partial charge on any atom is 0.123 e. The van der Waals surface area contributed by atoms with E-state index in [1.807, 2.05) is 0 Å². The SMILES string of the molecule is Fc1ccc(C#Cc2c(C#Cc3ccc(F)cc3)c(C#Cc3ccc(F)cc3)c(C#Cc3ccc(F)cc3)c(C#Cc3ccc(F)cc3)c2C#Cc2ccc(F)cc2)cc1. The quantitative estimate of drug-likeness (QED) is 0.106. The summed E-state index contributed by atoms with van der Waals surface area (Å²) >= 11 is 0. The minimum atomic E-state index is -0.460. The molecular weight excluding hydrogens is 763 g/mol. The van der Waals surface area contributed by atoms with Crippen molar-refractivity contribution in [2.45, 2.75) is 0 Å². The molecule has 0 aromatic heterocycles. The molecule has 0 N–H and O–H groups in total. The molecule has 0 amide bonds. The van der Waals surface area contributed by atoms with Gasteiger partial charge in [-0.1, -0.05) is 71.0 Å². The molecule has 0 saturated heterocycles. The van der Waals surface area contributed by atoms with Crippen LogP contribution < -0.4 is 0 Å². The zero-order chi connectivity index (χ0) is 41.8. The zero-order valence-corrected chi connectivity index (χ0v) is 31.1. The van der Waals surface area contributed by atoms with E-state index in [1.54, 1.807) is 0 Å². The highest BCUT2D eigenvalue weighted by Crippen LogP contribution is 2.28. The Morgan fingerprint density at radius 1 is 0.167 bits per heavy atom. The lowest BCUT2D eigenvalue weighted by atomic mass is 9.86. The van der Waals surface area contributed by atoms with Crippen LogP contribution in [-0.2, 0) is 0 Å². The highest BCUT2D eigenvalue weighted by atomic mass is 19.1. The molecule has 0 spiro atoms. The number of halogens is 6. The molecule has 7 rings (SSSR count). The predicted octanol–water partition coefficient (Wildman–Crippen LogP) is 10.9. The van der Waals surface area contributed by atoms with E-state index in [0.717, 1.165) is 0 Å². The average Bonchev–Trinajstić information content (AvgIpc) is 3.26. The van der Waals surface area contributed by atoms with E-state index < -0.39 is 34.9 Å². The van der Waals surface area contributed by atoms with Gasteiger partial charge in [-0.3, -0.25) is 0 Å². The van der Waals surface area contributed by atoms with Gasteiger partial charge in [0.25, 0.3) is 0 Å². The van der Waals surface area contributed by atoms with Crippen molar-refractivity contribution in [3.63, 3.8) is 0 Å². The van der Waals surface area contributed by atoms with Crippen LogP contribution in [-0.4, -0.2) is 0 Å². The fourth-order valence-electron chi connectivity index (χ4n) is 5.51. The van der Waals surface area contributed by atoms with Gasteiger partial charge in [-0.15, -0.1) is 0 Å². The van der Waals surface area contributed by atoms with E-state index >= 15 is 0 Å². The zero-order valence-electron chi connectivity index (χ0n) is 31.1. The van der Waals surface area contributed by atoms with Crippen LogP contribution in [0.2, 0.25) is 0 Å². The van der Waals surface area contributed by atoms with Gasteiger partial charge in [0.15, 0.2) is 0 Å². The van der Waals surface area contributed by atoms with Crippen LogP contribution in [0.15, 0.2) is 146 Å². The van der Waals surface area contributed by atoms with Gasteiger partial charge in [-0.2, -0.15) is 0 Å². The average molecular weight is 787 g/mol. The molecule has 0 aliphatic carbocycles. The van der Waals surface area contributed by atoms with Crippen LogP contribution in [0.1, 0.15) is 66.8 Å². The summed E-state index contributed by atoms with van der Waals surface area (Å²) in [6, 6.07) is 33.2. The lowest BCUT2D eigenvalue weighted by Crippen LogP contribution is -2.05. The summed E-state index contributed by atoms with van der Waals surface area (Å²) in [5, 5.41) is 0. The number of rotatable bonds is 0. The fraction of sp³-hybridized carbons (Fsp3) is 0. The van der Waals surface area contributed by atoms with E-state index in [1.165, 1.54) is 146 Å². The largest absolute Gasteiger partial charge is 0.207 e. The van der Waals surface area contributed by atoms with Crippen LogP contribution in [0.4, 0.5) is 26.3 Å². The van der Waals surface area contributed by atoms with Crippen molar-refractivity contribution in [3.05, 3.63) is 247 Å². The maximum atomic E-state index is 14.0. The summed E-state index contributed by atoms with van der Waals surface area (Å²) in [6.45, 7) is 0.